The summed E-state index contributed by atoms with van der Waals surface area (Å²) in [4.78, 5) is 41.2. The van der Waals surface area contributed by atoms with E-state index in [2.05, 4.69) is 10.3 Å². The molecular weight excluding hydrogens is 482 g/mol. The predicted octanol–water partition coefficient (Wildman–Crippen LogP) is 3.51. The molecule has 0 radical (unpaired) electrons. The van der Waals surface area contributed by atoms with Crippen molar-refractivity contribution in [1.29, 1.82) is 0 Å². The van der Waals surface area contributed by atoms with Crippen molar-refractivity contribution in [3.8, 4) is 17.3 Å². The van der Waals surface area contributed by atoms with Crippen molar-refractivity contribution >= 4 is 28.4 Å². The van der Waals surface area contributed by atoms with Gasteiger partial charge in [-0.2, -0.15) is 0 Å². The summed E-state index contributed by atoms with van der Waals surface area (Å²) in [6, 6.07) is 18.1. The Morgan fingerprint density at radius 2 is 1.81 bits per heavy atom. The first-order valence-corrected chi connectivity index (χ1v) is 11.7. The second-order valence-corrected chi connectivity index (χ2v) is 9.07. The molecule has 36 heavy (non-hydrogen) atoms. The average Bonchev–Trinajstić information content (AvgIpc) is 3.55. The van der Waals surface area contributed by atoms with Crippen molar-refractivity contribution in [2.45, 2.75) is 19.0 Å². The lowest BCUT2D eigenvalue weighted by molar-refractivity contribution is 0.0932. The SMILES string of the molecule is O=C(N[C@@H]1CCn2c1c(O)n(-c1ccc(-n3ccccc3=O)cc1)c2=O)c1cc2cc(Cl)ccc2[nH]1. The first-order chi connectivity index (χ1) is 17.4. The number of carbonyl (C=O) groups excluding carboxylic acids is 1. The van der Waals surface area contributed by atoms with Gasteiger partial charge in [0.25, 0.3) is 11.5 Å². The van der Waals surface area contributed by atoms with Crippen molar-refractivity contribution in [3.63, 3.8) is 0 Å². The van der Waals surface area contributed by atoms with Gasteiger partial charge in [-0.15, -0.1) is 0 Å². The van der Waals surface area contributed by atoms with Crippen LogP contribution in [0.3, 0.4) is 0 Å². The molecule has 0 bridgehead atoms. The van der Waals surface area contributed by atoms with E-state index in [4.69, 9.17) is 11.6 Å². The molecule has 10 heteroatoms. The molecule has 0 saturated heterocycles. The van der Waals surface area contributed by atoms with Gasteiger partial charge >= 0.3 is 5.69 Å². The Bertz CT molecular complexity index is 1760. The highest BCUT2D eigenvalue weighted by atomic mass is 35.5. The van der Waals surface area contributed by atoms with Crippen LogP contribution in [0.1, 0.15) is 28.6 Å². The van der Waals surface area contributed by atoms with Crippen LogP contribution in [-0.4, -0.2) is 29.7 Å². The minimum absolute atomic E-state index is 0.176. The maximum atomic E-state index is 13.1. The van der Waals surface area contributed by atoms with Crippen LogP contribution in [0.5, 0.6) is 5.88 Å². The van der Waals surface area contributed by atoms with E-state index in [9.17, 15) is 19.5 Å². The highest BCUT2D eigenvalue weighted by Crippen LogP contribution is 2.34. The molecule has 180 valence electrons. The second kappa shape index (κ2) is 8.31. The van der Waals surface area contributed by atoms with Crippen LogP contribution in [0.2, 0.25) is 5.02 Å². The fourth-order valence-electron chi connectivity index (χ4n) is 4.74. The molecule has 1 aliphatic rings. The van der Waals surface area contributed by atoms with E-state index in [1.54, 1.807) is 66.9 Å². The van der Waals surface area contributed by atoms with Crippen molar-refractivity contribution < 1.29 is 9.90 Å². The monoisotopic (exact) mass is 501 g/mol. The minimum atomic E-state index is -0.538. The maximum Gasteiger partial charge on any atom is 0.335 e. The molecule has 4 heterocycles. The third kappa shape index (κ3) is 3.52. The lowest BCUT2D eigenvalue weighted by Crippen LogP contribution is -2.27. The van der Waals surface area contributed by atoms with Crippen LogP contribution in [0, 0.1) is 0 Å². The van der Waals surface area contributed by atoms with Crippen molar-refractivity contribution in [2.75, 3.05) is 0 Å². The Hall–Kier alpha value is -4.50. The number of aromatic amines is 1. The summed E-state index contributed by atoms with van der Waals surface area (Å²) in [7, 11) is 0. The highest BCUT2D eigenvalue weighted by Gasteiger charge is 2.33. The molecule has 0 saturated carbocycles. The molecule has 3 aromatic heterocycles. The lowest BCUT2D eigenvalue weighted by atomic mass is 10.2. The van der Waals surface area contributed by atoms with E-state index in [-0.39, 0.29) is 17.3 Å². The van der Waals surface area contributed by atoms with Crippen LogP contribution in [0.4, 0.5) is 0 Å². The summed E-state index contributed by atoms with van der Waals surface area (Å²) in [5, 5.41) is 15.3. The molecular formula is C26H20ClN5O4. The molecule has 1 aliphatic heterocycles. The summed E-state index contributed by atoms with van der Waals surface area (Å²) in [5.74, 6) is -0.575. The summed E-state index contributed by atoms with van der Waals surface area (Å²) < 4.78 is 4.16. The van der Waals surface area contributed by atoms with Crippen LogP contribution in [0.25, 0.3) is 22.3 Å². The second-order valence-electron chi connectivity index (χ2n) is 8.63. The van der Waals surface area contributed by atoms with Gasteiger partial charge in [0.2, 0.25) is 5.88 Å². The predicted molar refractivity (Wildman–Crippen MR) is 135 cm³/mol. The molecule has 3 N–H and O–H groups in total. The third-order valence-corrected chi connectivity index (χ3v) is 6.70. The summed E-state index contributed by atoms with van der Waals surface area (Å²) >= 11 is 6.04. The maximum absolute atomic E-state index is 13.1. The van der Waals surface area contributed by atoms with Gasteiger partial charge in [0, 0.05) is 40.4 Å². The minimum Gasteiger partial charge on any atom is -0.493 e. The topological polar surface area (TPSA) is 114 Å². The van der Waals surface area contributed by atoms with Gasteiger partial charge in [-0.05, 0) is 61.0 Å². The first-order valence-electron chi connectivity index (χ1n) is 11.3. The van der Waals surface area contributed by atoms with Crippen LogP contribution in [0.15, 0.2) is 82.5 Å². The number of imidazole rings is 1. The van der Waals surface area contributed by atoms with Crippen molar-refractivity contribution in [3.05, 3.63) is 110 Å². The van der Waals surface area contributed by atoms with Crippen LogP contribution < -0.4 is 16.6 Å². The molecule has 0 aliphatic carbocycles. The Morgan fingerprint density at radius 1 is 1.03 bits per heavy atom. The quantitative estimate of drug-likeness (QED) is 0.349. The Morgan fingerprint density at radius 3 is 2.58 bits per heavy atom. The molecule has 2 aromatic carbocycles. The normalized spacial score (nSPS) is 14.8. The lowest BCUT2D eigenvalue weighted by Gasteiger charge is -2.13. The first kappa shape index (κ1) is 22.0. The summed E-state index contributed by atoms with van der Waals surface area (Å²) in [5.41, 5.74) is 2.00. The number of nitrogens with one attached hydrogen (secondary N) is 2. The van der Waals surface area contributed by atoms with Crippen LogP contribution >= 0.6 is 11.6 Å². The van der Waals surface area contributed by atoms with E-state index in [1.807, 2.05) is 0 Å². The number of pyridine rings is 1. The van der Waals surface area contributed by atoms with E-state index in [0.29, 0.717) is 40.8 Å². The number of hydrogen-bond donors (Lipinski definition) is 3. The number of fused-ring (bicyclic) bond motifs is 2. The average molecular weight is 502 g/mol. The van der Waals surface area contributed by atoms with Gasteiger partial charge in [0.05, 0.1) is 11.7 Å². The van der Waals surface area contributed by atoms with Crippen LogP contribution in [-0.2, 0) is 6.54 Å². The summed E-state index contributed by atoms with van der Waals surface area (Å²) in [6.45, 7) is 0.361. The van der Waals surface area contributed by atoms with E-state index >= 15 is 0 Å². The third-order valence-electron chi connectivity index (χ3n) is 6.47. The molecule has 5 aromatic rings. The molecule has 6 rings (SSSR count). The number of amides is 1. The number of halogens is 1. The van der Waals surface area contributed by atoms with Gasteiger partial charge in [0.15, 0.2) is 0 Å². The smallest absolute Gasteiger partial charge is 0.335 e. The van der Waals surface area contributed by atoms with Gasteiger partial charge < -0.3 is 15.4 Å². The Kier molecular flexibility index (Phi) is 5.08. The molecule has 9 nitrogen and oxygen atoms in total. The number of benzene rings is 2. The number of hydrogen-bond acceptors (Lipinski definition) is 4. The van der Waals surface area contributed by atoms with E-state index in [0.717, 1.165) is 10.9 Å². The number of H-pyrrole nitrogens is 1. The van der Waals surface area contributed by atoms with E-state index < -0.39 is 11.7 Å². The number of nitrogens with zero attached hydrogens (tertiary/aromatic N) is 3. The van der Waals surface area contributed by atoms with Gasteiger partial charge in [-0.1, -0.05) is 17.7 Å². The zero-order valence-electron chi connectivity index (χ0n) is 18.8. The molecule has 0 spiro atoms. The standard InChI is InChI=1S/C26H20ClN5O4/c27-16-4-9-19-15(13-16)14-21(28-19)24(34)29-20-10-12-31-23(20)25(35)32(26(31)36)18-7-5-17(6-8-18)30-11-2-1-3-22(30)33/h1-9,11,13-14,20,28,35H,10,12H2,(H,29,34)/t20-/m1/s1. The van der Waals surface area contributed by atoms with Gasteiger partial charge in [-0.25, -0.2) is 9.36 Å². The Labute approximate surface area is 208 Å². The largest absolute Gasteiger partial charge is 0.493 e. The number of rotatable bonds is 4. The van der Waals surface area contributed by atoms with Crippen molar-refractivity contribution in [1.82, 2.24) is 24.0 Å². The zero-order chi connectivity index (χ0) is 25.0. The number of aromatic nitrogens is 4. The zero-order valence-corrected chi connectivity index (χ0v) is 19.6. The molecule has 1 amide bonds. The molecule has 1 atom stereocenters. The fourth-order valence-corrected chi connectivity index (χ4v) is 4.92. The van der Waals surface area contributed by atoms with Crippen molar-refractivity contribution in [2.24, 2.45) is 0 Å². The molecule has 0 fully saturated rings. The van der Waals surface area contributed by atoms with Gasteiger partial charge in [0.1, 0.15) is 11.4 Å². The number of aromatic hydroxyl groups is 1. The van der Waals surface area contributed by atoms with E-state index in [1.165, 1.54) is 19.8 Å². The number of carbonyl (C=O) groups is 1. The summed E-state index contributed by atoms with van der Waals surface area (Å²) in [6.07, 6.45) is 2.13. The highest BCUT2D eigenvalue weighted by molar-refractivity contribution is 6.31. The Balaban J connectivity index is 1.30. The van der Waals surface area contributed by atoms with Gasteiger partial charge in [-0.3, -0.25) is 18.7 Å². The fraction of sp³-hybridized carbons (Fsp3) is 0.115. The molecule has 0 unspecified atom stereocenters.